The van der Waals surface area contributed by atoms with Gasteiger partial charge in [0.15, 0.2) is 0 Å². The molecule has 2 aromatic heterocycles. The Hall–Kier alpha value is -1.85. The molecule has 0 aliphatic carbocycles. The molecule has 2 rings (SSSR count). The summed E-state index contributed by atoms with van der Waals surface area (Å²) in [6.45, 7) is 9.84. The lowest BCUT2D eigenvalue weighted by Crippen LogP contribution is -2.20. The fourth-order valence-corrected chi connectivity index (χ4v) is 2.45. The molecule has 0 aliphatic heterocycles. The molecule has 0 atom stereocenters. The first kappa shape index (κ1) is 17.5. The Morgan fingerprint density at radius 1 is 0.826 bits per heavy atom. The average molecular weight is 313 g/mol. The van der Waals surface area contributed by atoms with Crippen molar-refractivity contribution in [3.05, 3.63) is 52.9 Å². The van der Waals surface area contributed by atoms with E-state index in [0.717, 1.165) is 56.1 Å². The van der Waals surface area contributed by atoms with Crippen LogP contribution in [0.15, 0.2) is 24.7 Å². The van der Waals surface area contributed by atoms with Crippen LogP contribution in [0.2, 0.25) is 0 Å². The van der Waals surface area contributed by atoms with Crippen LogP contribution in [0.4, 0.5) is 0 Å². The van der Waals surface area contributed by atoms with Crippen molar-refractivity contribution >= 4 is 0 Å². The standard InChI is InChI=1S/C18H27N5/c1-14-10-15(2)17(23-11-14)12-19-6-4-5-7-20-13-18-16(3)21-8-9-22-18/h8-11,19-20H,4-7,12-13H2,1-3H3. The number of unbranched alkanes of at least 4 members (excludes halogenated alkanes) is 1. The first-order chi connectivity index (χ1) is 11.2. The van der Waals surface area contributed by atoms with E-state index >= 15 is 0 Å². The smallest absolute Gasteiger partial charge is 0.0753 e. The molecule has 5 heteroatoms. The largest absolute Gasteiger partial charge is 0.311 e. The van der Waals surface area contributed by atoms with Crippen LogP contribution in [0.3, 0.4) is 0 Å². The van der Waals surface area contributed by atoms with E-state index in [0.29, 0.717) is 0 Å². The van der Waals surface area contributed by atoms with E-state index in [1.54, 1.807) is 12.4 Å². The minimum absolute atomic E-state index is 0.791. The van der Waals surface area contributed by atoms with Gasteiger partial charge in [-0.2, -0.15) is 0 Å². The number of aromatic nitrogens is 3. The summed E-state index contributed by atoms with van der Waals surface area (Å²) in [4.78, 5) is 13.0. The summed E-state index contributed by atoms with van der Waals surface area (Å²) < 4.78 is 0. The van der Waals surface area contributed by atoms with E-state index in [2.05, 4.69) is 45.5 Å². The first-order valence-electron chi connectivity index (χ1n) is 8.27. The molecule has 0 amide bonds. The molecular weight excluding hydrogens is 286 g/mol. The van der Waals surface area contributed by atoms with Gasteiger partial charge in [0.1, 0.15) is 0 Å². The van der Waals surface area contributed by atoms with Crippen molar-refractivity contribution in [1.82, 2.24) is 25.6 Å². The van der Waals surface area contributed by atoms with Crippen LogP contribution >= 0.6 is 0 Å². The van der Waals surface area contributed by atoms with Crippen LogP contribution in [0.1, 0.15) is 41.1 Å². The second-order valence-electron chi connectivity index (χ2n) is 5.93. The summed E-state index contributed by atoms with van der Waals surface area (Å²) in [6.07, 6.45) is 7.70. The Balaban J connectivity index is 1.53. The molecule has 0 radical (unpaired) electrons. The fraction of sp³-hybridized carbons (Fsp3) is 0.500. The molecule has 2 N–H and O–H groups in total. The summed E-state index contributed by atoms with van der Waals surface area (Å²) in [5.74, 6) is 0. The summed E-state index contributed by atoms with van der Waals surface area (Å²) in [7, 11) is 0. The fourth-order valence-electron chi connectivity index (χ4n) is 2.45. The van der Waals surface area contributed by atoms with Crippen molar-refractivity contribution in [3.8, 4) is 0 Å². The van der Waals surface area contributed by atoms with E-state index in [-0.39, 0.29) is 0 Å². The van der Waals surface area contributed by atoms with Crippen molar-refractivity contribution in [2.75, 3.05) is 13.1 Å². The van der Waals surface area contributed by atoms with Gasteiger partial charge in [0.25, 0.3) is 0 Å². The molecule has 0 fully saturated rings. The third-order valence-corrected chi connectivity index (χ3v) is 3.85. The van der Waals surface area contributed by atoms with E-state index in [9.17, 15) is 0 Å². The summed E-state index contributed by atoms with van der Waals surface area (Å²) >= 11 is 0. The van der Waals surface area contributed by atoms with Crippen LogP contribution < -0.4 is 10.6 Å². The predicted octanol–water partition coefficient (Wildman–Crippen LogP) is 2.46. The third kappa shape index (κ3) is 6.04. The van der Waals surface area contributed by atoms with Crippen LogP contribution in [-0.4, -0.2) is 28.0 Å². The average Bonchev–Trinajstić information content (AvgIpc) is 2.53. The molecule has 0 aromatic carbocycles. The molecular formula is C18H27N5. The zero-order valence-electron chi connectivity index (χ0n) is 14.4. The van der Waals surface area contributed by atoms with E-state index in [1.165, 1.54) is 11.1 Å². The van der Waals surface area contributed by atoms with Crippen molar-refractivity contribution in [2.24, 2.45) is 0 Å². The monoisotopic (exact) mass is 313 g/mol. The molecule has 0 spiro atoms. The number of rotatable bonds is 9. The normalized spacial score (nSPS) is 10.9. The Morgan fingerprint density at radius 2 is 1.48 bits per heavy atom. The van der Waals surface area contributed by atoms with Gasteiger partial charge in [-0.25, -0.2) is 0 Å². The minimum Gasteiger partial charge on any atom is -0.311 e. The first-order valence-corrected chi connectivity index (χ1v) is 8.27. The Bertz CT molecular complexity index is 612. The highest BCUT2D eigenvalue weighted by molar-refractivity contribution is 5.22. The van der Waals surface area contributed by atoms with Gasteiger partial charge in [0, 0.05) is 31.7 Å². The van der Waals surface area contributed by atoms with E-state index in [1.807, 2.05) is 13.1 Å². The van der Waals surface area contributed by atoms with Crippen molar-refractivity contribution in [1.29, 1.82) is 0 Å². The van der Waals surface area contributed by atoms with Crippen LogP contribution in [0, 0.1) is 20.8 Å². The SMILES string of the molecule is Cc1cnc(CNCCCCNCc2nccnc2C)c(C)c1. The van der Waals surface area contributed by atoms with Gasteiger partial charge < -0.3 is 10.6 Å². The number of nitrogens with zero attached hydrogens (tertiary/aromatic N) is 3. The number of pyridine rings is 1. The maximum Gasteiger partial charge on any atom is 0.0753 e. The number of hydrogen-bond donors (Lipinski definition) is 2. The number of nitrogens with one attached hydrogen (secondary N) is 2. The van der Waals surface area contributed by atoms with Crippen molar-refractivity contribution in [3.63, 3.8) is 0 Å². The van der Waals surface area contributed by atoms with Crippen LogP contribution in [-0.2, 0) is 13.1 Å². The molecule has 23 heavy (non-hydrogen) atoms. The third-order valence-electron chi connectivity index (χ3n) is 3.85. The van der Waals surface area contributed by atoms with Gasteiger partial charge >= 0.3 is 0 Å². The summed E-state index contributed by atoms with van der Waals surface area (Å²) in [5.41, 5.74) is 5.66. The molecule has 0 saturated heterocycles. The molecule has 124 valence electrons. The molecule has 2 heterocycles. The maximum absolute atomic E-state index is 4.48. The molecule has 0 saturated carbocycles. The number of aryl methyl sites for hydroxylation is 3. The van der Waals surface area contributed by atoms with Crippen molar-refractivity contribution < 1.29 is 0 Å². The predicted molar refractivity (Wildman–Crippen MR) is 93.1 cm³/mol. The zero-order valence-corrected chi connectivity index (χ0v) is 14.4. The highest BCUT2D eigenvalue weighted by Gasteiger charge is 2.00. The van der Waals surface area contributed by atoms with Gasteiger partial charge in [0.2, 0.25) is 0 Å². The lowest BCUT2D eigenvalue weighted by atomic mass is 10.1. The lowest BCUT2D eigenvalue weighted by Gasteiger charge is -2.08. The Labute approximate surface area is 139 Å². The highest BCUT2D eigenvalue weighted by atomic mass is 14.9. The maximum atomic E-state index is 4.48. The quantitative estimate of drug-likeness (QED) is 0.696. The second kappa shape index (κ2) is 9.33. The Morgan fingerprint density at radius 3 is 2.13 bits per heavy atom. The molecule has 0 unspecified atom stereocenters. The van der Waals surface area contributed by atoms with Crippen molar-refractivity contribution in [2.45, 2.75) is 46.7 Å². The van der Waals surface area contributed by atoms with Crippen LogP contribution in [0.25, 0.3) is 0 Å². The van der Waals surface area contributed by atoms with Gasteiger partial charge in [-0.1, -0.05) is 6.07 Å². The van der Waals surface area contributed by atoms with Gasteiger partial charge in [0.05, 0.1) is 17.1 Å². The van der Waals surface area contributed by atoms with Gasteiger partial charge in [-0.05, 0) is 57.8 Å². The lowest BCUT2D eigenvalue weighted by molar-refractivity contribution is 0.574. The van der Waals surface area contributed by atoms with Gasteiger partial charge in [-0.3, -0.25) is 15.0 Å². The summed E-state index contributed by atoms with van der Waals surface area (Å²) in [6, 6.07) is 2.18. The second-order valence-corrected chi connectivity index (χ2v) is 5.93. The molecule has 5 nitrogen and oxygen atoms in total. The summed E-state index contributed by atoms with van der Waals surface area (Å²) in [5, 5.41) is 6.89. The Kier molecular flexibility index (Phi) is 7.10. The van der Waals surface area contributed by atoms with E-state index in [4.69, 9.17) is 0 Å². The highest BCUT2D eigenvalue weighted by Crippen LogP contribution is 2.06. The van der Waals surface area contributed by atoms with Crippen LogP contribution in [0.5, 0.6) is 0 Å². The molecule has 0 aliphatic rings. The zero-order chi connectivity index (χ0) is 16.5. The van der Waals surface area contributed by atoms with E-state index < -0.39 is 0 Å². The number of hydrogen-bond acceptors (Lipinski definition) is 5. The van der Waals surface area contributed by atoms with Gasteiger partial charge in [-0.15, -0.1) is 0 Å². The molecule has 2 aromatic rings. The topological polar surface area (TPSA) is 62.7 Å². The molecule has 0 bridgehead atoms. The minimum atomic E-state index is 0.791.